The standard InChI is InChI=1S/C14H28N4O2S/c1-7-18-10-13(8-12(18)9-15-4)21(19,20)16-11-14(2,3)17(5)6/h8,10,15-16H,7,9,11H2,1-6H3. The minimum atomic E-state index is -3.48. The molecule has 0 spiro atoms. The number of hydrogen-bond acceptors (Lipinski definition) is 4. The van der Waals surface area contributed by atoms with Crippen LogP contribution < -0.4 is 10.0 Å². The molecule has 0 aromatic carbocycles. The summed E-state index contributed by atoms with van der Waals surface area (Å²) in [5.74, 6) is 0. The maximum Gasteiger partial charge on any atom is 0.242 e. The van der Waals surface area contributed by atoms with Gasteiger partial charge in [0.1, 0.15) is 0 Å². The quantitative estimate of drug-likeness (QED) is 0.746. The lowest BCUT2D eigenvalue weighted by atomic mass is 10.1. The number of aromatic nitrogens is 1. The van der Waals surface area contributed by atoms with E-state index < -0.39 is 10.0 Å². The highest BCUT2D eigenvalue weighted by Crippen LogP contribution is 2.16. The number of sulfonamides is 1. The van der Waals surface area contributed by atoms with E-state index in [1.165, 1.54) is 0 Å². The lowest BCUT2D eigenvalue weighted by Gasteiger charge is -2.32. The molecule has 2 N–H and O–H groups in total. The summed E-state index contributed by atoms with van der Waals surface area (Å²) in [6, 6.07) is 1.73. The normalized spacial score (nSPS) is 13.1. The van der Waals surface area contributed by atoms with E-state index in [4.69, 9.17) is 0 Å². The van der Waals surface area contributed by atoms with Crippen LogP contribution >= 0.6 is 0 Å². The molecule has 21 heavy (non-hydrogen) atoms. The van der Waals surface area contributed by atoms with Gasteiger partial charge in [-0.15, -0.1) is 0 Å². The fourth-order valence-corrected chi connectivity index (χ4v) is 3.08. The van der Waals surface area contributed by atoms with Crippen molar-refractivity contribution in [2.75, 3.05) is 27.7 Å². The Balaban J connectivity index is 2.93. The number of nitrogens with one attached hydrogen (secondary N) is 2. The van der Waals surface area contributed by atoms with E-state index in [-0.39, 0.29) is 5.54 Å². The molecular formula is C14H28N4O2S. The van der Waals surface area contributed by atoms with Crippen molar-refractivity contribution in [3.8, 4) is 0 Å². The van der Waals surface area contributed by atoms with Gasteiger partial charge in [0.05, 0.1) is 4.90 Å². The topological polar surface area (TPSA) is 66.4 Å². The first kappa shape index (κ1) is 18.2. The summed E-state index contributed by atoms with van der Waals surface area (Å²) < 4.78 is 29.5. The summed E-state index contributed by atoms with van der Waals surface area (Å²) in [5.41, 5.74) is 0.723. The van der Waals surface area contributed by atoms with Gasteiger partial charge in [0, 0.05) is 37.1 Å². The Labute approximate surface area is 128 Å². The minimum Gasteiger partial charge on any atom is -0.349 e. The van der Waals surface area contributed by atoms with Crippen molar-refractivity contribution in [1.29, 1.82) is 0 Å². The Morgan fingerprint density at radius 1 is 1.33 bits per heavy atom. The van der Waals surface area contributed by atoms with Crippen LogP contribution in [-0.2, 0) is 23.1 Å². The molecule has 1 aromatic heterocycles. The number of aryl methyl sites for hydroxylation is 1. The van der Waals surface area contributed by atoms with Crippen LogP contribution in [0.3, 0.4) is 0 Å². The van der Waals surface area contributed by atoms with E-state index in [0.29, 0.717) is 18.0 Å². The fraction of sp³-hybridized carbons (Fsp3) is 0.714. The lowest BCUT2D eigenvalue weighted by Crippen LogP contribution is -2.48. The molecule has 0 atom stereocenters. The molecule has 0 saturated carbocycles. The number of rotatable bonds is 8. The smallest absolute Gasteiger partial charge is 0.242 e. The van der Waals surface area contributed by atoms with E-state index in [0.717, 1.165) is 12.2 Å². The molecule has 0 fully saturated rings. The molecule has 0 bridgehead atoms. The summed E-state index contributed by atoms with van der Waals surface area (Å²) in [4.78, 5) is 2.32. The van der Waals surface area contributed by atoms with Crippen LogP contribution in [0.2, 0.25) is 0 Å². The van der Waals surface area contributed by atoms with E-state index in [2.05, 4.69) is 10.0 Å². The zero-order chi connectivity index (χ0) is 16.3. The molecule has 1 heterocycles. The third-order valence-electron chi connectivity index (χ3n) is 3.88. The molecule has 122 valence electrons. The monoisotopic (exact) mass is 316 g/mol. The maximum atomic E-state index is 12.4. The molecule has 0 radical (unpaired) electrons. The van der Waals surface area contributed by atoms with Gasteiger partial charge in [-0.2, -0.15) is 0 Å². The predicted octanol–water partition coefficient (Wildman–Crippen LogP) is 0.846. The molecule has 0 aliphatic rings. The van der Waals surface area contributed by atoms with Crippen molar-refractivity contribution in [1.82, 2.24) is 19.5 Å². The Kier molecular flexibility index (Phi) is 5.98. The third-order valence-corrected chi connectivity index (χ3v) is 5.24. The summed E-state index contributed by atoms with van der Waals surface area (Å²) in [6.45, 7) is 7.75. The van der Waals surface area contributed by atoms with Crippen LogP contribution in [0.5, 0.6) is 0 Å². The Hall–Kier alpha value is -0.890. The molecule has 0 aliphatic heterocycles. The molecule has 7 heteroatoms. The van der Waals surface area contributed by atoms with Crippen LogP contribution in [0, 0.1) is 0 Å². The van der Waals surface area contributed by atoms with E-state index in [1.54, 1.807) is 12.3 Å². The molecule has 1 rings (SSSR count). The largest absolute Gasteiger partial charge is 0.349 e. The molecule has 6 nitrogen and oxygen atoms in total. The van der Waals surface area contributed by atoms with Gasteiger partial charge < -0.3 is 14.8 Å². The van der Waals surface area contributed by atoms with E-state index in [1.807, 2.05) is 51.4 Å². The summed E-state index contributed by atoms with van der Waals surface area (Å²) in [6.07, 6.45) is 1.69. The van der Waals surface area contributed by atoms with E-state index >= 15 is 0 Å². The number of likely N-dealkylation sites (N-methyl/N-ethyl adjacent to an activating group) is 1. The summed E-state index contributed by atoms with van der Waals surface area (Å²) in [5, 5.41) is 3.05. The average Bonchev–Trinajstić information content (AvgIpc) is 2.81. The first-order valence-electron chi connectivity index (χ1n) is 7.14. The molecule has 1 aromatic rings. The second-order valence-electron chi connectivity index (χ2n) is 6.01. The van der Waals surface area contributed by atoms with Gasteiger partial charge in [0.15, 0.2) is 0 Å². The molecule has 0 amide bonds. The average molecular weight is 316 g/mol. The number of nitrogens with zero attached hydrogens (tertiary/aromatic N) is 2. The second kappa shape index (κ2) is 6.91. The van der Waals surface area contributed by atoms with Gasteiger partial charge in [-0.1, -0.05) is 0 Å². The van der Waals surface area contributed by atoms with Crippen molar-refractivity contribution in [3.05, 3.63) is 18.0 Å². The molecule has 0 unspecified atom stereocenters. The highest BCUT2D eigenvalue weighted by Gasteiger charge is 2.25. The van der Waals surface area contributed by atoms with Crippen molar-refractivity contribution < 1.29 is 8.42 Å². The molecular weight excluding hydrogens is 288 g/mol. The fourth-order valence-electron chi connectivity index (χ4n) is 1.81. The van der Waals surface area contributed by atoms with Crippen LogP contribution in [0.15, 0.2) is 17.2 Å². The predicted molar refractivity (Wildman–Crippen MR) is 85.8 cm³/mol. The van der Waals surface area contributed by atoms with Crippen LogP contribution in [0.1, 0.15) is 26.5 Å². The van der Waals surface area contributed by atoms with Gasteiger partial charge >= 0.3 is 0 Å². The van der Waals surface area contributed by atoms with Crippen molar-refractivity contribution in [2.24, 2.45) is 0 Å². The summed E-state index contributed by atoms with van der Waals surface area (Å²) >= 11 is 0. The van der Waals surface area contributed by atoms with Crippen LogP contribution in [0.25, 0.3) is 0 Å². The molecule has 0 aliphatic carbocycles. The van der Waals surface area contributed by atoms with Gasteiger partial charge in [0.2, 0.25) is 10.0 Å². The van der Waals surface area contributed by atoms with Crippen LogP contribution in [-0.4, -0.2) is 51.1 Å². The SMILES string of the molecule is CCn1cc(S(=O)(=O)NCC(C)(C)N(C)C)cc1CNC. The highest BCUT2D eigenvalue weighted by molar-refractivity contribution is 7.89. The zero-order valence-electron chi connectivity index (χ0n) is 13.9. The second-order valence-corrected chi connectivity index (χ2v) is 7.78. The van der Waals surface area contributed by atoms with Gasteiger partial charge in [-0.05, 0) is 48.0 Å². The van der Waals surface area contributed by atoms with Crippen molar-refractivity contribution >= 4 is 10.0 Å². The highest BCUT2D eigenvalue weighted by atomic mass is 32.2. The van der Waals surface area contributed by atoms with Gasteiger partial charge in [0.25, 0.3) is 0 Å². The maximum absolute atomic E-state index is 12.4. The zero-order valence-corrected chi connectivity index (χ0v) is 14.7. The van der Waals surface area contributed by atoms with Gasteiger partial charge in [-0.3, -0.25) is 0 Å². The van der Waals surface area contributed by atoms with Crippen molar-refractivity contribution in [3.63, 3.8) is 0 Å². The summed E-state index contributed by atoms with van der Waals surface area (Å²) in [7, 11) is 2.24. The van der Waals surface area contributed by atoms with Crippen LogP contribution in [0.4, 0.5) is 0 Å². The minimum absolute atomic E-state index is 0.242. The Morgan fingerprint density at radius 3 is 2.43 bits per heavy atom. The molecule has 0 saturated heterocycles. The van der Waals surface area contributed by atoms with E-state index in [9.17, 15) is 8.42 Å². The Morgan fingerprint density at radius 2 is 1.95 bits per heavy atom. The number of hydrogen-bond donors (Lipinski definition) is 2. The lowest BCUT2D eigenvalue weighted by molar-refractivity contribution is 0.199. The first-order chi connectivity index (χ1) is 9.64. The third kappa shape index (κ3) is 4.54. The van der Waals surface area contributed by atoms with Crippen molar-refractivity contribution in [2.45, 2.75) is 44.3 Å². The first-order valence-corrected chi connectivity index (χ1v) is 8.63. The van der Waals surface area contributed by atoms with Gasteiger partial charge in [-0.25, -0.2) is 13.1 Å². The Bertz CT molecular complexity index is 562.